The zero-order valence-electron chi connectivity index (χ0n) is 5.88. The van der Waals surface area contributed by atoms with Crippen LogP contribution in [0.4, 0.5) is 5.82 Å². The summed E-state index contributed by atoms with van der Waals surface area (Å²) in [4.78, 5) is 10.5. The highest BCUT2D eigenvalue weighted by molar-refractivity contribution is 5.87. The molecule has 0 spiro atoms. The van der Waals surface area contributed by atoms with Crippen LogP contribution in [0.15, 0.2) is 6.20 Å². The van der Waals surface area contributed by atoms with Gasteiger partial charge in [0.1, 0.15) is 5.82 Å². The van der Waals surface area contributed by atoms with Gasteiger partial charge in [0.15, 0.2) is 0 Å². The molecule has 0 atom stereocenters. The Morgan fingerprint density at radius 2 is 2.60 bits per heavy atom. The molecule has 4 heteroatoms. The Kier molecular flexibility index (Phi) is 1.71. The first kappa shape index (κ1) is 6.80. The number of rotatable bonds is 1. The normalized spacial score (nSPS) is 9.40. The Labute approximate surface area is 58.8 Å². The summed E-state index contributed by atoms with van der Waals surface area (Å²) in [7, 11) is 1.74. The zero-order valence-corrected chi connectivity index (χ0v) is 5.88. The van der Waals surface area contributed by atoms with Crippen molar-refractivity contribution >= 4 is 11.7 Å². The molecule has 1 amide bonds. The summed E-state index contributed by atoms with van der Waals surface area (Å²) in [6.07, 6.45) is 1.51. The fourth-order valence-corrected chi connectivity index (χ4v) is 0.611. The topological polar surface area (TPSA) is 46.9 Å². The zero-order chi connectivity index (χ0) is 7.56. The van der Waals surface area contributed by atoms with Crippen LogP contribution in [0, 0.1) is 6.07 Å². The van der Waals surface area contributed by atoms with Crippen molar-refractivity contribution in [2.75, 3.05) is 5.32 Å². The van der Waals surface area contributed by atoms with Gasteiger partial charge in [0.25, 0.3) is 0 Å². The molecule has 4 nitrogen and oxygen atoms in total. The molecule has 0 fully saturated rings. The third-order valence-corrected chi connectivity index (χ3v) is 1.05. The molecule has 0 saturated carbocycles. The minimum absolute atomic E-state index is 0.111. The van der Waals surface area contributed by atoms with E-state index in [2.05, 4.69) is 16.5 Å². The Morgan fingerprint density at radius 3 is 3.00 bits per heavy atom. The van der Waals surface area contributed by atoms with Crippen molar-refractivity contribution < 1.29 is 4.79 Å². The van der Waals surface area contributed by atoms with Gasteiger partial charge in [-0.15, -0.1) is 0 Å². The molecule has 1 aromatic rings. The van der Waals surface area contributed by atoms with Crippen molar-refractivity contribution in [2.24, 2.45) is 7.05 Å². The summed E-state index contributed by atoms with van der Waals surface area (Å²) in [6.45, 7) is 1.45. The van der Waals surface area contributed by atoms with Crippen LogP contribution in [0.3, 0.4) is 0 Å². The number of anilines is 1. The van der Waals surface area contributed by atoms with Crippen molar-refractivity contribution in [1.82, 2.24) is 9.78 Å². The van der Waals surface area contributed by atoms with Crippen LogP contribution in [-0.4, -0.2) is 15.7 Å². The summed E-state index contributed by atoms with van der Waals surface area (Å²) in [6, 6.07) is 2.76. The minimum Gasteiger partial charge on any atom is -0.311 e. The predicted octanol–water partition coefficient (Wildman–Crippen LogP) is 0.179. The van der Waals surface area contributed by atoms with Crippen molar-refractivity contribution in [3.8, 4) is 0 Å². The lowest BCUT2D eigenvalue weighted by molar-refractivity contribution is -0.114. The molecule has 1 aromatic heterocycles. The molecule has 1 N–H and O–H groups in total. The second-order valence-electron chi connectivity index (χ2n) is 1.94. The maximum atomic E-state index is 10.5. The molecular weight excluding hydrogens is 130 g/mol. The number of nitrogens with zero attached hydrogens (tertiary/aromatic N) is 2. The Balaban J connectivity index is 2.74. The summed E-state index contributed by atoms with van der Waals surface area (Å²) < 4.78 is 1.54. The van der Waals surface area contributed by atoms with E-state index in [1.165, 1.54) is 13.1 Å². The van der Waals surface area contributed by atoms with E-state index in [0.29, 0.717) is 5.82 Å². The van der Waals surface area contributed by atoms with Crippen LogP contribution in [0.2, 0.25) is 0 Å². The highest BCUT2D eigenvalue weighted by Crippen LogP contribution is 2.00. The summed E-state index contributed by atoms with van der Waals surface area (Å²) in [5, 5.41) is 6.38. The number of carbonyl (C=O) groups excluding carboxylic acids is 1. The number of amides is 1. The van der Waals surface area contributed by atoms with Crippen molar-refractivity contribution in [1.29, 1.82) is 0 Å². The molecule has 0 aliphatic carbocycles. The minimum atomic E-state index is -0.111. The van der Waals surface area contributed by atoms with Gasteiger partial charge in [-0.25, -0.2) is 0 Å². The van der Waals surface area contributed by atoms with Gasteiger partial charge in [0, 0.05) is 20.0 Å². The number of carbonyl (C=O) groups is 1. The molecule has 10 heavy (non-hydrogen) atoms. The first-order chi connectivity index (χ1) is 4.70. The number of aryl methyl sites for hydroxylation is 1. The number of hydrogen-bond donors (Lipinski definition) is 1. The smallest absolute Gasteiger partial charge is 0.222 e. The van der Waals surface area contributed by atoms with Crippen molar-refractivity contribution in [3.63, 3.8) is 0 Å². The van der Waals surface area contributed by atoms with E-state index >= 15 is 0 Å². The van der Waals surface area contributed by atoms with Gasteiger partial charge in [-0.1, -0.05) is 0 Å². The van der Waals surface area contributed by atoms with Gasteiger partial charge >= 0.3 is 0 Å². The van der Waals surface area contributed by atoms with Gasteiger partial charge in [0.2, 0.25) is 5.91 Å². The second kappa shape index (κ2) is 2.51. The molecule has 0 aliphatic rings. The van der Waals surface area contributed by atoms with Crippen LogP contribution in [0.1, 0.15) is 6.92 Å². The van der Waals surface area contributed by atoms with Gasteiger partial charge in [-0.2, -0.15) is 5.10 Å². The standard InChI is InChI=1S/C6H8N3O/c1-5(10)8-6-3-4-7-9(6)2/h4H,1-2H3,(H,8,10). The van der Waals surface area contributed by atoms with Crippen molar-refractivity contribution in [3.05, 3.63) is 12.3 Å². The molecule has 0 saturated heterocycles. The fourth-order valence-electron chi connectivity index (χ4n) is 0.611. The van der Waals surface area contributed by atoms with E-state index in [9.17, 15) is 4.79 Å². The highest BCUT2D eigenvalue weighted by Gasteiger charge is 1.98. The molecule has 0 aliphatic heterocycles. The largest absolute Gasteiger partial charge is 0.311 e. The summed E-state index contributed by atoms with van der Waals surface area (Å²) in [5.41, 5.74) is 0. The quantitative estimate of drug-likeness (QED) is 0.601. The third kappa shape index (κ3) is 1.34. The Hall–Kier alpha value is -1.32. The van der Waals surface area contributed by atoms with Gasteiger partial charge in [-0.05, 0) is 0 Å². The first-order valence-electron chi connectivity index (χ1n) is 2.87. The van der Waals surface area contributed by atoms with Crippen LogP contribution in [0.5, 0.6) is 0 Å². The van der Waals surface area contributed by atoms with Gasteiger partial charge < -0.3 is 5.32 Å². The average molecular weight is 138 g/mol. The SMILES string of the molecule is CC(=O)Nc1[c]cnn1C. The molecule has 53 valence electrons. The lowest BCUT2D eigenvalue weighted by Gasteiger charge is -1.99. The van der Waals surface area contributed by atoms with E-state index < -0.39 is 0 Å². The average Bonchev–Trinajstić information content (AvgIpc) is 2.15. The van der Waals surface area contributed by atoms with E-state index in [-0.39, 0.29) is 5.91 Å². The third-order valence-electron chi connectivity index (χ3n) is 1.05. The van der Waals surface area contributed by atoms with E-state index in [4.69, 9.17) is 0 Å². The number of aromatic nitrogens is 2. The molecular formula is C6H8N3O. The van der Waals surface area contributed by atoms with E-state index in [1.807, 2.05) is 0 Å². The van der Waals surface area contributed by atoms with Crippen LogP contribution in [0.25, 0.3) is 0 Å². The Bertz CT molecular complexity index is 241. The van der Waals surface area contributed by atoms with Crippen LogP contribution in [-0.2, 0) is 11.8 Å². The molecule has 0 bridgehead atoms. The lowest BCUT2D eigenvalue weighted by Crippen LogP contribution is -2.09. The second-order valence-corrected chi connectivity index (χ2v) is 1.94. The maximum Gasteiger partial charge on any atom is 0.222 e. The molecule has 0 aromatic carbocycles. The van der Waals surface area contributed by atoms with Crippen LogP contribution < -0.4 is 5.32 Å². The lowest BCUT2D eigenvalue weighted by atomic mass is 10.6. The predicted molar refractivity (Wildman–Crippen MR) is 36.3 cm³/mol. The maximum absolute atomic E-state index is 10.5. The molecule has 1 rings (SSSR count). The molecule has 1 heterocycles. The van der Waals surface area contributed by atoms with Gasteiger partial charge in [0.05, 0.1) is 6.20 Å². The van der Waals surface area contributed by atoms with Crippen molar-refractivity contribution in [2.45, 2.75) is 6.92 Å². The first-order valence-corrected chi connectivity index (χ1v) is 2.87. The molecule has 0 unspecified atom stereocenters. The van der Waals surface area contributed by atoms with Crippen LogP contribution >= 0.6 is 0 Å². The number of nitrogens with one attached hydrogen (secondary N) is 1. The summed E-state index contributed by atoms with van der Waals surface area (Å²) >= 11 is 0. The number of hydrogen-bond acceptors (Lipinski definition) is 2. The summed E-state index contributed by atoms with van der Waals surface area (Å²) in [5.74, 6) is 0.479. The fraction of sp³-hybridized carbons (Fsp3) is 0.333. The Morgan fingerprint density at radius 1 is 1.90 bits per heavy atom. The van der Waals surface area contributed by atoms with E-state index in [1.54, 1.807) is 11.7 Å². The van der Waals surface area contributed by atoms with E-state index in [0.717, 1.165) is 0 Å². The van der Waals surface area contributed by atoms with Gasteiger partial charge in [-0.3, -0.25) is 9.48 Å². The monoisotopic (exact) mass is 138 g/mol. The highest BCUT2D eigenvalue weighted by atomic mass is 16.1. The molecule has 1 radical (unpaired) electrons.